The molecule has 0 saturated carbocycles. The number of nitrogens with zero attached hydrogens (tertiary/aromatic N) is 2. The first-order valence-electron chi connectivity index (χ1n) is 8.88. The van der Waals surface area contributed by atoms with E-state index >= 15 is 0 Å². The van der Waals surface area contributed by atoms with E-state index in [0.717, 1.165) is 23.9 Å². The number of anilines is 1. The number of rotatable bonds is 9. The fourth-order valence-corrected chi connectivity index (χ4v) is 2.93. The topological polar surface area (TPSA) is 95.8 Å². The standard InChI is InChI=1S/C20H28N4O2Si/c1-27(2,3)13-12-25-15-24-19(10-11-21)16-4-6-17(7-5-16)26-18-8-9-20(22)23-14-18/h4-11,14H,12-13,15,21H2,1-3H3,(H2,22,23). The van der Waals surface area contributed by atoms with Crippen molar-refractivity contribution in [2.45, 2.75) is 25.7 Å². The van der Waals surface area contributed by atoms with Gasteiger partial charge in [-0.05, 0) is 54.7 Å². The lowest BCUT2D eigenvalue weighted by Gasteiger charge is -2.14. The van der Waals surface area contributed by atoms with Crippen LogP contribution in [0.25, 0.3) is 0 Å². The largest absolute Gasteiger partial charge is 0.456 e. The Kier molecular flexibility index (Phi) is 7.57. The molecule has 0 atom stereocenters. The van der Waals surface area contributed by atoms with Gasteiger partial charge in [0.2, 0.25) is 0 Å². The Balaban J connectivity index is 1.98. The number of aromatic nitrogens is 1. The van der Waals surface area contributed by atoms with Crippen LogP contribution in [0.2, 0.25) is 25.7 Å². The summed E-state index contributed by atoms with van der Waals surface area (Å²) in [4.78, 5) is 8.51. The molecule has 0 unspecified atom stereocenters. The van der Waals surface area contributed by atoms with Crippen LogP contribution in [-0.4, -0.2) is 32.1 Å². The number of aliphatic imine (C=N–C) groups is 1. The van der Waals surface area contributed by atoms with Crippen LogP contribution in [-0.2, 0) is 4.74 Å². The highest BCUT2D eigenvalue weighted by atomic mass is 28.3. The Morgan fingerprint density at radius 3 is 2.41 bits per heavy atom. The monoisotopic (exact) mass is 384 g/mol. The predicted molar refractivity (Wildman–Crippen MR) is 114 cm³/mol. The first-order valence-corrected chi connectivity index (χ1v) is 12.6. The normalized spacial score (nSPS) is 12.5. The Morgan fingerprint density at radius 1 is 1.11 bits per heavy atom. The van der Waals surface area contributed by atoms with Gasteiger partial charge in [0.05, 0.1) is 11.9 Å². The van der Waals surface area contributed by atoms with Crippen LogP contribution in [0.5, 0.6) is 11.5 Å². The van der Waals surface area contributed by atoms with Gasteiger partial charge in [0.15, 0.2) is 0 Å². The maximum absolute atomic E-state index is 5.75. The molecule has 1 aromatic heterocycles. The summed E-state index contributed by atoms with van der Waals surface area (Å²) in [6.45, 7) is 8.03. The van der Waals surface area contributed by atoms with Crippen molar-refractivity contribution in [2.24, 2.45) is 10.7 Å². The average molecular weight is 385 g/mol. The summed E-state index contributed by atoms with van der Waals surface area (Å²) in [5.74, 6) is 1.79. The molecule has 0 amide bonds. The van der Waals surface area contributed by atoms with Gasteiger partial charge in [0.1, 0.15) is 24.0 Å². The third-order valence-corrected chi connectivity index (χ3v) is 5.43. The van der Waals surface area contributed by atoms with E-state index in [9.17, 15) is 0 Å². The molecule has 0 aliphatic rings. The number of allylic oxidation sites excluding steroid dienone is 1. The number of benzene rings is 1. The zero-order valence-corrected chi connectivity index (χ0v) is 17.2. The highest BCUT2D eigenvalue weighted by Gasteiger charge is 2.11. The maximum atomic E-state index is 5.75. The molecule has 0 aliphatic carbocycles. The zero-order chi connectivity index (χ0) is 19.7. The van der Waals surface area contributed by atoms with Crippen molar-refractivity contribution in [3.05, 3.63) is 60.4 Å². The molecule has 0 spiro atoms. The molecule has 7 heteroatoms. The van der Waals surface area contributed by atoms with Gasteiger partial charge in [-0.25, -0.2) is 4.98 Å². The summed E-state index contributed by atoms with van der Waals surface area (Å²) >= 11 is 0. The molecule has 1 heterocycles. The molecule has 0 saturated heterocycles. The second-order valence-corrected chi connectivity index (χ2v) is 12.9. The molecule has 6 nitrogen and oxygen atoms in total. The number of pyridine rings is 1. The minimum atomic E-state index is -1.09. The summed E-state index contributed by atoms with van der Waals surface area (Å²) < 4.78 is 11.4. The van der Waals surface area contributed by atoms with Crippen LogP contribution >= 0.6 is 0 Å². The van der Waals surface area contributed by atoms with Crippen molar-refractivity contribution in [2.75, 3.05) is 19.1 Å². The van der Waals surface area contributed by atoms with Gasteiger partial charge < -0.3 is 20.9 Å². The molecule has 27 heavy (non-hydrogen) atoms. The van der Waals surface area contributed by atoms with E-state index in [1.54, 1.807) is 24.4 Å². The molecule has 0 radical (unpaired) electrons. The molecule has 0 bridgehead atoms. The van der Waals surface area contributed by atoms with Gasteiger partial charge in [-0.1, -0.05) is 19.6 Å². The van der Waals surface area contributed by atoms with Crippen LogP contribution in [0.4, 0.5) is 5.82 Å². The summed E-state index contributed by atoms with van der Waals surface area (Å²) in [6, 6.07) is 12.2. The van der Waals surface area contributed by atoms with E-state index in [1.165, 1.54) is 6.20 Å². The quantitative estimate of drug-likeness (QED) is 0.386. The van der Waals surface area contributed by atoms with Gasteiger partial charge in [0, 0.05) is 20.2 Å². The second kappa shape index (κ2) is 9.89. The number of hydrogen-bond donors (Lipinski definition) is 2. The maximum Gasteiger partial charge on any atom is 0.145 e. The lowest BCUT2D eigenvalue weighted by atomic mass is 10.1. The Morgan fingerprint density at radius 2 is 1.81 bits per heavy atom. The fraction of sp³-hybridized carbons (Fsp3) is 0.300. The zero-order valence-electron chi connectivity index (χ0n) is 16.2. The molecule has 2 aromatic rings. The van der Waals surface area contributed by atoms with Crippen molar-refractivity contribution in [3.8, 4) is 11.5 Å². The van der Waals surface area contributed by atoms with Crippen molar-refractivity contribution in [3.63, 3.8) is 0 Å². The first kappa shape index (κ1) is 20.7. The predicted octanol–water partition coefficient (Wildman–Crippen LogP) is 4.03. The first-order chi connectivity index (χ1) is 12.9. The SMILES string of the molecule is C[Si](C)(C)CCOCN=C(C=CN)c1ccc(Oc2ccc(N)nc2)cc1. The summed E-state index contributed by atoms with van der Waals surface area (Å²) in [5.41, 5.74) is 12.8. The van der Waals surface area contributed by atoms with Crippen LogP contribution in [0, 0.1) is 0 Å². The fourth-order valence-electron chi connectivity index (χ4n) is 2.17. The summed E-state index contributed by atoms with van der Waals surface area (Å²) in [6.07, 6.45) is 4.83. The van der Waals surface area contributed by atoms with Crippen molar-refractivity contribution in [1.29, 1.82) is 0 Å². The lowest BCUT2D eigenvalue weighted by Crippen LogP contribution is -2.21. The van der Waals surface area contributed by atoms with Crippen LogP contribution < -0.4 is 16.2 Å². The molecular weight excluding hydrogens is 356 g/mol. The van der Waals surface area contributed by atoms with Gasteiger partial charge in [0.25, 0.3) is 0 Å². The average Bonchev–Trinajstić information content (AvgIpc) is 2.62. The van der Waals surface area contributed by atoms with E-state index in [-0.39, 0.29) is 0 Å². The van der Waals surface area contributed by atoms with E-state index in [2.05, 4.69) is 29.6 Å². The third-order valence-electron chi connectivity index (χ3n) is 3.72. The Bertz CT molecular complexity index is 766. The molecule has 4 N–H and O–H groups in total. The van der Waals surface area contributed by atoms with E-state index in [1.807, 2.05) is 24.3 Å². The smallest absolute Gasteiger partial charge is 0.145 e. The molecule has 0 fully saturated rings. The van der Waals surface area contributed by atoms with Gasteiger partial charge >= 0.3 is 0 Å². The molecule has 0 aliphatic heterocycles. The molecule has 144 valence electrons. The lowest BCUT2D eigenvalue weighted by molar-refractivity contribution is 0.155. The van der Waals surface area contributed by atoms with Crippen molar-refractivity contribution < 1.29 is 9.47 Å². The van der Waals surface area contributed by atoms with Crippen LogP contribution in [0.15, 0.2) is 59.9 Å². The van der Waals surface area contributed by atoms with Gasteiger partial charge in [-0.2, -0.15) is 0 Å². The number of nitrogens with two attached hydrogens (primary N) is 2. The summed E-state index contributed by atoms with van der Waals surface area (Å²) in [7, 11) is -1.09. The Labute approximate surface area is 161 Å². The third kappa shape index (κ3) is 7.63. The van der Waals surface area contributed by atoms with Gasteiger partial charge in [-0.3, -0.25) is 4.99 Å². The van der Waals surface area contributed by atoms with Gasteiger partial charge in [-0.15, -0.1) is 0 Å². The highest BCUT2D eigenvalue weighted by molar-refractivity contribution is 6.76. The van der Waals surface area contributed by atoms with E-state index in [0.29, 0.717) is 24.0 Å². The van der Waals surface area contributed by atoms with E-state index < -0.39 is 8.07 Å². The number of nitrogen functional groups attached to an aromatic ring is 1. The summed E-state index contributed by atoms with van der Waals surface area (Å²) in [5, 5.41) is 0. The molecule has 2 rings (SSSR count). The second-order valence-electron chi connectivity index (χ2n) is 7.30. The van der Waals surface area contributed by atoms with E-state index in [4.69, 9.17) is 20.9 Å². The molecule has 1 aromatic carbocycles. The minimum absolute atomic E-state index is 0.319. The Hall–Kier alpha value is -2.64. The highest BCUT2D eigenvalue weighted by Crippen LogP contribution is 2.21. The number of ether oxygens (including phenoxy) is 2. The van der Waals surface area contributed by atoms with Crippen LogP contribution in [0.3, 0.4) is 0 Å². The molecular formula is C20H28N4O2Si. The van der Waals surface area contributed by atoms with Crippen molar-refractivity contribution >= 4 is 19.6 Å². The number of hydrogen-bond acceptors (Lipinski definition) is 6. The van der Waals surface area contributed by atoms with Crippen LogP contribution in [0.1, 0.15) is 5.56 Å². The van der Waals surface area contributed by atoms with Crippen molar-refractivity contribution in [1.82, 2.24) is 4.98 Å². The minimum Gasteiger partial charge on any atom is -0.456 e.